The van der Waals surface area contributed by atoms with Crippen molar-refractivity contribution >= 4 is 33.2 Å². The van der Waals surface area contributed by atoms with Gasteiger partial charge in [-0.05, 0) is 69.6 Å². The molecular weight excluding hydrogens is 896 g/mol. The molecule has 7 heteroatoms. The van der Waals surface area contributed by atoms with E-state index in [0.717, 1.165) is 78.3 Å². The van der Waals surface area contributed by atoms with E-state index >= 15 is 0 Å². The van der Waals surface area contributed by atoms with Gasteiger partial charge in [-0.1, -0.05) is 129 Å². The second kappa shape index (κ2) is 14.9. The molecule has 0 atom stereocenters. The van der Waals surface area contributed by atoms with Gasteiger partial charge in [0.1, 0.15) is 5.82 Å². The van der Waals surface area contributed by atoms with Crippen LogP contribution in [0.25, 0.3) is 61.3 Å². The molecule has 0 fully saturated rings. The largest absolute Gasteiger partial charge is 0.503 e. The summed E-state index contributed by atoms with van der Waals surface area (Å²) in [5.41, 5.74) is 11.5. The Hall–Kier alpha value is -6.36. The minimum absolute atomic E-state index is 0. The molecule has 4 heterocycles. The van der Waals surface area contributed by atoms with Crippen molar-refractivity contribution in [1.29, 1.82) is 0 Å². The number of para-hydroxylation sites is 1. The molecule has 10 rings (SSSR count). The number of fused-ring (bicyclic) bond motifs is 4. The molecule has 8 aromatic rings. The monoisotopic (exact) mass is 934 g/mol. The van der Waals surface area contributed by atoms with E-state index in [-0.39, 0.29) is 26.5 Å². The average molecular weight is 935 g/mol. The number of pyridine rings is 1. The van der Waals surface area contributed by atoms with Crippen LogP contribution in [0.1, 0.15) is 37.5 Å². The summed E-state index contributed by atoms with van der Waals surface area (Å²) in [7, 11) is 2.07. The van der Waals surface area contributed by atoms with Crippen LogP contribution in [0.5, 0.6) is 11.5 Å². The standard InChI is InChI=1S/C51H39N4O2.Pt/c1-51(2,3)37-27-28-52-47(30-37)55-44-24-12-11-21-42(44)43-26-25-39(31-45(43)55)57-38-20-13-19-36(29-38)46-32-56-50-49(53(4)33-54(46)50)48-40(34-15-7-5-8-16-34)22-14-23-41(48)35-17-9-6-10-18-35;/h5-28,30,32-33H,1-4H3;/q-3;. The molecule has 0 saturated carbocycles. The maximum absolute atomic E-state index is 6.54. The minimum atomic E-state index is -0.0206. The average Bonchev–Trinajstić information content (AvgIpc) is 3.90. The Labute approximate surface area is 353 Å². The zero-order valence-electron chi connectivity index (χ0n) is 32.5. The van der Waals surface area contributed by atoms with Crippen LogP contribution in [0, 0.1) is 18.8 Å². The van der Waals surface area contributed by atoms with Crippen LogP contribution in [-0.4, -0.2) is 26.4 Å². The van der Waals surface area contributed by atoms with Crippen LogP contribution in [0.2, 0.25) is 0 Å². The number of ether oxygens (including phenoxy) is 2. The van der Waals surface area contributed by atoms with Crippen LogP contribution in [0.4, 0.5) is 0 Å². The summed E-state index contributed by atoms with van der Waals surface area (Å²) in [4.78, 5) is 9.06. The maximum atomic E-state index is 6.54. The molecule has 0 radical (unpaired) electrons. The number of hydrogen-bond donors (Lipinski definition) is 0. The van der Waals surface area contributed by atoms with Gasteiger partial charge in [0, 0.05) is 49.8 Å². The SMILES string of the molecule is CN1[CH-]N2C(c3[c-]c(Oc4[c-]c5c(cc4)c4ccccc4n5-c4cc(C(C)(C)C)ccn4)ccc3)=COC2=C1c1c(-c2ccccc2)cccc1-c1ccccc1.[Pt]. The Balaban J connectivity index is 0.00000436. The zero-order valence-corrected chi connectivity index (χ0v) is 34.8. The molecule has 58 heavy (non-hydrogen) atoms. The minimum Gasteiger partial charge on any atom is -0.503 e. The summed E-state index contributed by atoms with van der Waals surface area (Å²) in [5.74, 6) is 2.75. The van der Waals surface area contributed by atoms with Gasteiger partial charge in [-0.25, -0.2) is 4.98 Å². The molecule has 0 unspecified atom stereocenters. The van der Waals surface area contributed by atoms with Gasteiger partial charge in [0.25, 0.3) is 0 Å². The van der Waals surface area contributed by atoms with Crippen molar-refractivity contribution in [3.63, 3.8) is 0 Å². The fourth-order valence-electron chi connectivity index (χ4n) is 7.96. The normalized spacial score (nSPS) is 13.8. The van der Waals surface area contributed by atoms with E-state index in [0.29, 0.717) is 11.5 Å². The van der Waals surface area contributed by atoms with Gasteiger partial charge in [0.15, 0.2) is 5.88 Å². The Kier molecular flexibility index (Phi) is 9.54. The quantitative estimate of drug-likeness (QED) is 0.149. The topological polar surface area (TPSA) is 42.8 Å². The van der Waals surface area contributed by atoms with E-state index in [1.54, 1.807) is 6.26 Å². The van der Waals surface area contributed by atoms with Gasteiger partial charge in [-0.15, -0.1) is 41.3 Å². The molecule has 0 aliphatic carbocycles. The molecular formula is C51H39N4O2Pt-3. The number of nitrogens with zero attached hydrogens (tertiary/aromatic N) is 4. The molecule has 6 aromatic carbocycles. The molecule has 0 bridgehead atoms. The van der Waals surface area contributed by atoms with Gasteiger partial charge in [-0.3, -0.25) is 0 Å². The fourth-order valence-corrected chi connectivity index (χ4v) is 7.96. The van der Waals surface area contributed by atoms with Gasteiger partial charge in [0.05, 0.1) is 12.0 Å². The van der Waals surface area contributed by atoms with Crippen molar-refractivity contribution in [3.8, 4) is 39.6 Å². The van der Waals surface area contributed by atoms with Crippen LogP contribution >= 0.6 is 0 Å². The zero-order chi connectivity index (χ0) is 38.7. The van der Waals surface area contributed by atoms with E-state index in [4.69, 9.17) is 14.5 Å². The molecule has 0 saturated heterocycles. The van der Waals surface area contributed by atoms with Gasteiger partial charge < -0.3 is 23.8 Å². The first-order chi connectivity index (χ1) is 27.8. The summed E-state index contributed by atoms with van der Waals surface area (Å²) >= 11 is 0. The van der Waals surface area contributed by atoms with E-state index in [1.807, 2.05) is 30.5 Å². The first-order valence-electron chi connectivity index (χ1n) is 19.2. The second-order valence-corrected chi connectivity index (χ2v) is 15.5. The summed E-state index contributed by atoms with van der Waals surface area (Å²) in [6, 6.07) is 57.4. The van der Waals surface area contributed by atoms with Gasteiger partial charge in [0.2, 0.25) is 0 Å². The van der Waals surface area contributed by atoms with Gasteiger partial charge >= 0.3 is 0 Å². The van der Waals surface area contributed by atoms with Crippen LogP contribution in [-0.2, 0) is 31.2 Å². The Morgan fingerprint density at radius 3 is 2.09 bits per heavy atom. The number of aromatic nitrogens is 2. The smallest absolute Gasteiger partial charge is 0.184 e. The van der Waals surface area contributed by atoms with Crippen molar-refractivity contribution in [1.82, 2.24) is 19.4 Å². The molecule has 2 aliphatic heterocycles. The molecule has 0 N–H and O–H groups in total. The van der Waals surface area contributed by atoms with Crippen molar-refractivity contribution < 1.29 is 30.5 Å². The van der Waals surface area contributed by atoms with Gasteiger partial charge in [-0.2, -0.15) is 12.7 Å². The van der Waals surface area contributed by atoms with Crippen molar-refractivity contribution in [2.75, 3.05) is 7.05 Å². The fraction of sp³-hybridized carbons (Fsp3) is 0.0980. The van der Waals surface area contributed by atoms with Crippen LogP contribution in [0.3, 0.4) is 0 Å². The third-order valence-electron chi connectivity index (χ3n) is 10.7. The number of rotatable bonds is 7. The third-order valence-corrected chi connectivity index (χ3v) is 10.7. The first kappa shape index (κ1) is 37.2. The van der Waals surface area contributed by atoms with Crippen LogP contribution < -0.4 is 4.74 Å². The number of hydrogen-bond acceptors (Lipinski definition) is 5. The van der Waals surface area contributed by atoms with E-state index in [9.17, 15) is 0 Å². The summed E-state index contributed by atoms with van der Waals surface area (Å²) in [6.45, 7) is 8.73. The summed E-state index contributed by atoms with van der Waals surface area (Å²) in [5, 5.41) is 2.22. The first-order valence-corrected chi connectivity index (χ1v) is 19.2. The Bertz CT molecular complexity index is 2830. The van der Waals surface area contributed by atoms with Crippen molar-refractivity contribution in [2.45, 2.75) is 26.2 Å². The Morgan fingerprint density at radius 1 is 0.690 bits per heavy atom. The summed E-state index contributed by atoms with van der Waals surface area (Å²) < 4.78 is 15.2. The predicted octanol–water partition coefficient (Wildman–Crippen LogP) is 12.2. The van der Waals surface area contributed by atoms with E-state index in [2.05, 4.69) is 182 Å². The van der Waals surface area contributed by atoms with E-state index in [1.165, 1.54) is 5.56 Å². The predicted molar refractivity (Wildman–Crippen MR) is 229 cm³/mol. The number of benzene rings is 6. The van der Waals surface area contributed by atoms with Crippen molar-refractivity contribution in [2.24, 2.45) is 0 Å². The van der Waals surface area contributed by atoms with Crippen LogP contribution in [0.15, 0.2) is 164 Å². The molecule has 0 amide bonds. The molecule has 2 aromatic heterocycles. The second-order valence-electron chi connectivity index (χ2n) is 15.5. The maximum Gasteiger partial charge on any atom is 0.184 e. The third kappa shape index (κ3) is 6.48. The van der Waals surface area contributed by atoms with E-state index < -0.39 is 0 Å². The molecule has 288 valence electrons. The molecule has 0 spiro atoms. The van der Waals surface area contributed by atoms with Crippen molar-refractivity contribution in [3.05, 3.63) is 199 Å². The Morgan fingerprint density at radius 2 is 1.36 bits per heavy atom. The molecule has 6 nitrogen and oxygen atoms in total. The molecule has 2 aliphatic rings. The summed E-state index contributed by atoms with van der Waals surface area (Å²) in [6.07, 6.45) is 3.69.